The van der Waals surface area contributed by atoms with Gasteiger partial charge in [-0.25, -0.2) is 5.48 Å². The van der Waals surface area contributed by atoms with E-state index in [0.717, 1.165) is 19.3 Å². The van der Waals surface area contributed by atoms with Gasteiger partial charge in [-0.05, 0) is 6.42 Å². The summed E-state index contributed by atoms with van der Waals surface area (Å²) in [7, 11) is 0. The number of nitrogens with one attached hydrogen (secondary N) is 1. The Morgan fingerprint density at radius 3 is 2.82 bits per heavy atom. The highest BCUT2D eigenvalue weighted by Crippen LogP contribution is 1.92. The van der Waals surface area contributed by atoms with Crippen LogP contribution in [-0.4, -0.2) is 18.4 Å². The summed E-state index contributed by atoms with van der Waals surface area (Å²) in [6.07, 6.45) is 3.24. The van der Waals surface area contributed by atoms with E-state index in [1.807, 2.05) is 0 Å². The third kappa shape index (κ3) is 7.62. The maximum atomic E-state index is 10.5. The number of carbonyl (C=O) groups excluding carboxylic acids is 1. The van der Waals surface area contributed by atoms with E-state index >= 15 is 0 Å². The highest BCUT2D eigenvalue weighted by atomic mass is 35.5. The number of halogens is 1. The summed E-state index contributed by atoms with van der Waals surface area (Å²) < 4.78 is 0. The van der Waals surface area contributed by atoms with Gasteiger partial charge in [-0.2, -0.15) is 0 Å². The van der Waals surface area contributed by atoms with E-state index in [1.54, 1.807) is 0 Å². The molecular formula is C7H14ClNO2. The van der Waals surface area contributed by atoms with Crippen molar-refractivity contribution in [3.8, 4) is 0 Å². The predicted molar refractivity (Wildman–Crippen MR) is 44.3 cm³/mol. The van der Waals surface area contributed by atoms with Gasteiger partial charge in [0.15, 0.2) is 0 Å². The minimum atomic E-state index is -0.289. The van der Waals surface area contributed by atoms with Crippen molar-refractivity contribution in [2.24, 2.45) is 0 Å². The largest absolute Gasteiger partial charge is 0.274 e. The fraction of sp³-hybridized carbons (Fsp3) is 0.857. The van der Waals surface area contributed by atoms with E-state index in [4.69, 9.17) is 16.4 Å². The zero-order chi connectivity index (χ0) is 8.53. The van der Waals surface area contributed by atoms with Gasteiger partial charge in [0.25, 0.3) is 5.91 Å². The van der Waals surface area contributed by atoms with Crippen molar-refractivity contribution >= 4 is 17.5 Å². The molecule has 0 unspecified atom stereocenters. The van der Waals surface area contributed by atoms with Crippen molar-refractivity contribution in [3.05, 3.63) is 0 Å². The van der Waals surface area contributed by atoms with Crippen molar-refractivity contribution in [1.29, 1.82) is 0 Å². The second-order valence-electron chi connectivity index (χ2n) is 2.21. The van der Waals surface area contributed by atoms with E-state index in [-0.39, 0.29) is 11.8 Å². The first-order chi connectivity index (χ1) is 5.31. The monoisotopic (exact) mass is 179 g/mol. The van der Waals surface area contributed by atoms with Gasteiger partial charge in [0.1, 0.15) is 5.88 Å². The molecule has 0 aliphatic carbocycles. The SMILES string of the molecule is CCCCCONC(=O)CCl. The Bertz CT molecular complexity index is 109. The first kappa shape index (κ1) is 10.7. The van der Waals surface area contributed by atoms with E-state index in [2.05, 4.69) is 12.4 Å². The number of hydrogen-bond acceptors (Lipinski definition) is 2. The Morgan fingerprint density at radius 2 is 2.27 bits per heavy atom. The smallest absolute Gasteiger partial charge is 0.258 e. The molecule has 4 heteroatoms. The molecule has 0 rings (SSSR count). The van der Waals surface area contributed by atoms with Gasteiger partial charge in [0.05, 0.1) is 6.61 Å². The highest BCUT2D eigenvalue weighted by Gasteiger charge is 1.95. The number of hydroxylamine groups is 1. The molecule has 3 nitrogen and oxygen atoms in total. The van der Waals surface area contributed by atoms with Crippen molar-refractivity contribution in [1.82, 2.24) is 5.48 Å². The lowest BCUT2D eigenvalue weighted by Gasteiger charge is -2.02. The number of rotatable bonds is 6. The zero-order valence-electron chi connectivity index (χ0n) is 6.73. The van der Waals surface area contributed by atoms with Crippen molar-refractivity contribution < 1.29 is 9.63 Å². The number of alkyl halides is 1. The summed E-state index contributed by atoms with van der Waals surface area (Å²) in [5, 5.41) is 0. The summed E-state index contributed by atoms with van der Waals surface area (Å²) in [4.78, 5) is 15.3. The first-order valence-electron chi connectivity index (χ1n) is 3.77. The zero-order valence-corrected chi connectivity index (χ0v) is 7.49. The van der Waals surface area contributed by atoms with Crippen LogP contribution in [-0.2, 0) is 9.63 Å². The Kier molecular flexibility index (Phi) is 7.62. The Morgan fingerprint density at radius 1 is 1.55 bits per heavy atom. The molecule has 0 saturated carbocycles. The topological polar surface area (TPSA) is 38.3 Å². The van der Waals surface area contributed by atoms with Gasteiger partial charge in [-0.1, -0.05) is 19.8 Å². The van der Waals surface area contributed by atoms with Gasteiger partial charge in [0, 0.05) is 0 Å². The molecule has 0 aromatic heterocycles. The van der Waals surface area contributed by atoms with Crippen LogP contribution in [0.2, 0.25) is 0 Å². The van der Waals surface area contributed by atoms with Crippen LogP contribution in [0.15, 0.2) is 0 Å². The van der Waals surface area contributed by atoms with Crippen LogP contribution in [0.4, 0.5) is 0 Å². The van der Waals surface area contributed by atoms with Crippen molar-refractivity contribution in [2.45, 2.75) is 26.2 Å². The molecule has 11 heavy (non-hydrogen) atoms. The van der Waals surface area contributed by atoms with Crippen molar-refractivity contribution in [3.63, 3.8) is 0 Å². The average Bonchev–Trinajstić information content (AvgIpc) is 2.04. The summed E-state index contributed by atoms with van der Waals surface area (Å²) in [6, 6.07) is 0. The van der Waals surface area contributed by atoms with Crippen LogP contribution in [0, 0.1) is 0 Å². The maximum absolute atomic E-state index is 10.5. The first-order valence-corrected chi connectivity index (χ1v) is 4.31. The second-order valence-corrected chi connectivity index (χ2v) is 2.48. The molecule has 0 saturated heterocycles. The lowest BCUT2D eigenvalue weighted by molar-refractivity contribution is -0.130. The lowest BCUT2D eigenvalue weighted by Crippen LogP contribution is -2.25. The summed E-state index contributed by atoms with van der Waals surface area (Å²) >= 11 is 5.20. The van der Waals surface area contributed by atoms with Crippen LogP contribution >= 0.6 is 11.6 Å². The van der Waals surface area contributed by atoms with Gasteiger partial charge >= 0.3 is 0 Å². The molecular weight excluding hydrogens is 166 g/mol. The third-order valence-electron chi connectivity index (χ3n) is 1.16. The van der Waals surface area contributed by atoms with Crippen LogP contribution in [0.3, 0.4) is 0 Å². The molecule has 0 atom stereocenters. The Balaban J connectivity index is 2.95. The van der Waals surface area contributed by atoms with Gasteiger partial charge in [-0.15, -0.1) is 11.6 Å². The molecule has 0 aliphatic heterocycles. The molecule has 1 amide bonds. The Hall–Kier alpha value is -0.280. The van der Waals surface area contributed by atoms with Gasteiger partial charge in [0.2, 0.25) is 0 Å². The van der Waals surface area contributed by atoms with Crippen LogP contribution < -0.4 is 5.48 Å². The van der Waals surface area contributed by atoms with Gasteiger partial charge < -0.3 is 0 Å². The molecule has 0 spiro atoms. The molecule has 66 valence electrons. The van der Waals surface area contributed by atoms with Crippen molar-refractivity contribution in [2.75, 3.05) is 12.5 Å². The minimum Gasteiger partial charge on any atom is -0.274 e. The van der Waals surface area contributed by atoms with E-state index in [0.29, 0.717) is 6.61 Å². The molecule has 1 N–H and O–H groups in total. The van der Waals surface area contributed by atoms with E-state index in [9.17, 15) is 4.79 Å². The number of amides is 1. The average molecular weight is 180 g/mol. The highest BCUT2D eigenvalue weighted by molar-refractivity contribution is 6.27. The summed E-state index contributed by atoms with van der Waals surface area (Å²) in [6.45, 7) is 2.67. The fourth-order valence-corrected chi connectivity index (χ4v) is 0.638. The fourth-order valence-electron chi connectivity index (χ4n) is 0.583. The number of hydrogen-bond donors (Lipinski definition) is 1. The number of unbranched alkanes of at least 4 members (excludes halogenated alkanes) is 2. The standard InChI is InChI=1S/C7H14ClNO2/c1-2-3-4-5-11-9-7(10)6-8/h2-6H2,1H3,(H,9,10). The molecule has 0 aromatic rings. The maximum Gasteiger partial charge on any atom is 0.258 e. The predicted octanol–water partition coefficient (Wildman–Crippen LogP) is 1.46. The third-order valence-corrected chi connectivity index (χ3v) is 1.40. The molecule has 0 aromatic carbocycles. The van der Waals surface area contributed by atoms with Crippen LogP contribution in [0.5, 0.6) is 0 Å². The van der Waals surface area contributed by atoms with E-state index in [1.165, 1.54) is 0 Å². The summed E-state index contributed by atoms with van der Waals surface area (Å²) in [5.74, 6) is -0.337. The molecule has 0 radical (unpaired) electrons. The molecule has 0 fully saturated rings. The van der Waals surface area contributed by atoms with Crippen LogP contribution in [0.25, 0.3) is 0 Å². The molecule has 0 heterocycles. The second kappa shape index (κ2) is 7.82. The Labute approximate surface area is 72.0 Å². The lowest BCUT2D eigenvalue weighted by atomic mass is 10.3. The summed E-state index contributed by atoms with van der Waals surface area (Å²) in [5.41, 5.74) is 2.22. The normalized spacial score (nSPS) is 9.64. The van der Waals surface area contributed by atoms with Crippen LogP contribution in [0.1, 0.15) is 26.2 Å². The molecule has 0 bridgehead atoms. The van der Waals surface area contributed by atoms with E-state index < -0.39 is 0 Å². The molecule has 0 aliphatic rings. The van der Waals surface area contributed by atoms with Gasteiger partial charge in [-0.3, -0.25) is 9.63 Å². The number of carbonyl (C=O) groups is 1. The quantitative estimate of drug-likeness (QED) is 0.381. The minimum absolute atomic E-state index is 0.0478.